The number of para-hydroxylation sites is 2. The van der Waals surface area contributed by atoms with Crippen LogP contribution in [0.3, 0.4) is 0 Å². The van der Waals surface area contributed by atoms with Crippen LogP contribution in [0.2, 0.25) is 0 Å². The Morgan fingerprint density at radius 1 is 0.549 bits per heavy atom. The maximum absolute atomic E-state index is 2.48. The molecule has 0 saturated heterocycles. The molecule has 0 aliphatic heterocycles. The number of aromatic nitrogens is 1. The zero-order valence-corrected chi connectivity index (χ0v) is 30.1. The summed E-state index contributed by atoms with van der Waals surface area (Å²) in [5.74, 6) is 0. The number of anilines is 3. The first kappa shape index (κ1) is 31.4. The number of hydrogen-bond donors (Lipinski definition) is 0. The average Bonchev–Trinajstić information content (AvgIpc) is 3.62. The molecule has 51 heavy (non-hydrogen) atoms. The number of hydrogen-bond acceptors (Lipinski definition) is 1. The molecule has 0 radical (unpaired) electrons. The van der Waals surface area contributed by atoms with E-state index in [-0.39, 0.29) is 5.41 Å². The number of fused-ring (bicyclic) bond motifs is 8. The molecule has 7 aromatic carbocycles. The quantitative estimate of drug-likeness (QED) is 0.157. The molecule has 0 amide bonds. The third kappa shape index (κ3) is 5.00. The first-order valence-electron chi connectivity index (χ1n) is 18.7. The first-order valence-corrected chi connectivity index (χ1v) is 18.7. The number of aryl methyl sites for hydroxylation is 2. The molecule has 0 N–H and O–H groups in total. The molecule has 2 nitrogen and oxygen atoms in total. The standard InChI is InChI=1S/C49H44N2/c1-5-7-15-34-24-29-46-42(30-34)39-19-13-14-21-45(39)51(46)37-27-28-41-43(31-37)49(3,4)44-32-47(38-18-11-12-20-40(38)48(41)44)50(35-16-9-8-10-17-35)36-25-22-33(6-2)23-26-36/h8-14,16-32H,5-7,15H2,1-4H3. The molecule has 9 rings (SSSR count). The summed E-state index contributed by atoms with van der Waals surface area (Å²) < 4.78 is 2.48. The number of rotatable bonds is 8. The highest BCUT2D eigenvalue weighted by Gasteiger charge is 2.38. The molecule has 0 fully saturated rings. The van der Waals surface area contributed by atoms with Gasteiger partial charge in [0.15, 0.2) is 0 Å². The number of nitrogens with zero attached hydrogens (tertiary/aromatic N) is 2. The summed E-state index contributed by atoms with van der Waals surface area (Å²) in [5, 5.41) is 5.21. The van der Waals surface area contributed by atoms with Gasteiger partial charge in [0.05, 0.1) is 16.7 Å². The average molecular weight is 661 g/mol. The SMILES string of the molecule is CCCCc1ccc2c(c1)c1ccccc1n2-c1ccc2c(c1)C(C)(C)c1cc(N(c3ccccc3)c3ccc(CC)cc3)c3ccccc3c1-2. The zero-order chi connectivity index (χ0) is 34.7. The Bertz CT molecular complexity index is 2570. The van der Waals surface area contributed by atoms with Crippen molar-refractivity contribution < 1.29 is 0 Å². The van der Waals surface area contributed by atoms with Crippen LogP contribution in [-0.2, 0) is 18.3 Å². The molecular weight excluding hydrogens is 617 g/mol. The summed E-state index contributed by atoms with van der Waals surface area (Å²) in [6.07, 6.45) is 4.57. The molecule has 1 aliphatic rings. The minimum atomic E-state index is -0.208. The Morgan fingerprint density at radius 3 is 1.98 bits per heavy atom. The second kappa shape index (κ2) is 12.3. The van der Waals surface area contributed by atoms with Crippen molar-refractivity contribution in [3.05, 3.63) is 168 Å². The van der Waals surface area contributed by atoms with Crippen molar-refractivity contribution >= 4 is 49.6 Å². The van der Waals surface area contributed by atoms with Crippen molar-refractivity contribution in [2.24, 2.45) is 0 Å². The van der Waals surface area contributed by atoms with Crippen LogP contribution in [-0.4, -0.2) is 4.57 Å². The van der Waals surface area contributed by atoms with Gasteiger partial charge in [-0.3, -0.25) is 0 Å². The van der Waals surface area contributed by atoms with E-state index in [0.29, 0.717) is 0 Å². The third-order valence-corrected chi connectivity index (χ3v) is 11.3. The van der Waals surface area contributed by atoms with Crippen LogP contribution >= 0.6 is 0 Å². The molecule has 8 aromatic rings. The second-order valence-corrected chi connectivity index (χ2v) is 14.7. The lowest BCUT2D eigenvalue weighted by molar-refractivity contribution is 0.660. The Morgan fingerprint density at radius 2 is 1.22 bits per heavy atom. The van der Waals surface area contributed by atoms with E-state index in [4.69, 9.17) is 0 Å². The van der Waals surface area contributed by atoms with E-state index < -0.39 is 0 Å². The van der Waals surface area contributed by atoms with Crippen LogP contribution in [0.15, 0.2) is 146 Å². The van der Waals surface area contributed by atoms with Gasteiger partial charge in [-0.15, -0.1) is 0 Å². The van der Waals surface area contributed by atoms with Crippen molar-refractivity contribution in [1.29, 1.82) is 0 Å². The summed E-state index contributed by atoms with van der Waals surface area (Å²) in [5.41, 5.74) is 15.3. The summed E-state index contributed by atoms with van der Waals surface area (Å²) in [6.45, 7) is 9.31. The van der Waals surface area contributed by atoms with Crippen molar-refractivity contribution in [1.82, 2.24) is 4.57 Å². The van der Waals surface area contributed by atoms with Gasteiger partial charge in [0.25, 0.3) is 0 Å². The lowest BCUT2D eigenvalue weighted by Gasteiger charge is -2.30. The lowest BCUT2D eigenvalue weighted by Crippen LogP contribution is -2.17. The van der Waals surface area contributed by atoms with E-state index in [1.807, 2.05) is 0 Å². The maximum Gasteiger partial charge on any atom is 0.0543 e. The highest BCUT2D eigenvalue weighted by molar-refractivity contribution is 6.11. The largest absolute Gasteiger partial charge is 0.310 e. The summed E-state index contributed by atoms with van der Waals surface area (Å²) in [4.78, 5) is 2.44. The van der Waals surface area contributed by atoms with Gasteiger partial charge in [0.2, 0.25) is 0 Å². The predicted octanol–water partition coefficient (Wildman–Crippen LogP) is 13.6. The van der Waals surface area contributed by atoms with Gasteiger partial charge < -0.3 is 9.47 Å². The van der Waals surface area contributed by atoms with Gasteiger partial charge in [-0.1, -0.05) is 119 Å². The Hall–Kier alpha value is -5.60. The first-order chi connectivity index (χ1) is 25.0. The molecule has 1 aromatic heterocycles. The van der Waals surface area contributed by atoms with E-state index in [1.165, 1.54) is 95.9 Å². The van der Waals surface area contributed by atoms with Crippen molar-refractivity contribution in [2.45, 2.75) is 58.8 Å². The molecule has 0 saturated carbocycles. The van der Waals surface area contributed by atoms with E-state index in [2.05, 4.69) is 183 Å². The Labute approximate surface area is 301 Å². The van der Waals surface area contributed by atoms with Crippen LogP contribution in [0.25, 0.3) is 49.4 Å². The molecule has 1 aliphatic carbocycles. The van der Waals surface area contributed by atoms with Crippen molar-refractivity contribution in [2.75, 3.05) is 4.90 Å². The van der Waals surface area contributed by atoms with E-state index in [1.54, 1.807) is 0 Å². The smallest absolute Gasteiger partial charge is 0.0543 e. The summed E-state index contributed by atoms with van der Waals surface area (Å²) in [6, 6.07) is 54.6. The van der Waals surface area contributed by atoms with E-state index in [0.717, 1.165) is 18.5 Å². The fraction of sp³-hybridized carbons (Fsp3) is 0.184. The van der Waals surface area contributed by atoms with E-state index in [9.17, 15) is 0 Å². The third-order valence-electron chi connectivity index (χ3n) is 11.3. The second-order valence-electron chi connectivity index (χ2n) is 14.7. The molecular formula is C49H44N2. The molecule has 0 spiro atoms. The molecule has 250 valence electrons. The topological polar surface area (TPSA) is 8.17 Å². The zero-order valence-electron chi connectivity index (χ0n) is 30.1. The summed E-state index contributed by atoms with van der Waals surface area (Å²) >= 11 is 0. The molecule has 1 heterocycles. The number of unbranched alkanes of at least 4 members (excludes halogenated alkanes) is 1. The van der Waals surface area contributed by atoms with Crippen LogP contribution in [0.4, 0.5) is 17.1 Å². The van der Waals surface area contributed by atoms with Gasteiger partial charge in [-0.2, -0.15) is 0 Å². The molecule has 0 bridgehead atoms. The fourth-order valence-electron chi connectivity index (χ4n) is 8.60. The van der Waals surface area contributed by atoms with E-state index >= 15 is 0 Å². The maximum atomic E-state index is 2.48. The fourth-order valence-corrected chi connectivity index (χ4v) is 8.60. The minimum Gasteiger partial charge on any atom is -0.310 e. The van der Waals surface area contributed by atoms with Gasteiger partial charge in [-0.25, -0.2) is 0 Å². The highest BCUT2D eigenvalue weighted by atomic mass is 15.1. The number of benzene rings is 7. The van der Waals surface area contributed by atoms with Crippen molar-refractivity contribution in [3.63, 3.8) is 0 Å². The van der Waals surface area contributed by atoms with Crippen LogP contribution in [0.5, 0.6) is 0 Å². The van der Waals surface area contributed by atoms with Gasteiger partial charge in [0, 0.05) is 38.6 Å². The van der Waals surface area contributed by atoms with Crippen LogP contribution < -0.4 is 4.90 Å². The molecule has 2 heteroatoms. The molecule has 0 atom stereocenters. The van der Waals surface area contributed by atoms with Gasteiger partial charge in [-0.05, 0) is 119 Å². The van der Waals surface area contributed by atoms with Gasteiger partial charge >= 0.3 is 0 Å². The van der Waals surface area contributed by atoms with Crippen LogP contribution in [0.1, 0.15) is 62.8 Å². The highest BCUT2D eigenvalue weighted by Crippen LogP contribution is 2.55. The monoisotopic (exact) mass is 660 g/mol. The summed E-state index contributed by atoms with van der Waals surface area (Å²) in [7, 11) is 0. The van der Waals surface area contributed by atoms with Crippen molar-refractivity contribution in [3.8, 4) is 16.8 Å². The minimum absolute atomic E-state index is 0.208. The molecule has 0 unspecified atom stereocenters. The normalized spacial score (nSPS) is 13.2. The van der Waals surface area contributed by atoms with Crippen LogP contribution in [0, 0.1) is 0 Å². The Kier molecular flexibility index (Phi) is 7.58. The van der Waals surface area contributed by atoms with Gasteiger partial charge in [0.1, 0.15) is 0 Å². The Balaban J connectivity index is 1.24. The lowest BCUT2D eigenvalue weighted by atomic mass is 9.81. The predicted molar refractivity (Wildman–Crippen MR) is 219 cm³/mol.